The molecule has 0 fully saturated rings. The number of fused-ring (bicyclic) bond motifs is 1. The summed E-state index contributed by atoms with van der Waals surface area (Å²) >= 11 is 0. The van der Waals surface area contributed by atoms with Crippen LogP contribution in [0.3, 0.4) is 0 Å². The lowest BCUT2D eigenvalue weighted by Crippen LogP contribution is -2.42. The fourth-order valence-electron chi connectivity index (χ4n) is 3.17. The molecular weight excluding hydrogens is 364 g/mol. The van der Waals surface area contributed by atoms with E-state index in [1.807, 2.05) is 6.92 Å². The molecule has 0 radical (unpaired) electrons. The molecule has 0 bridgehead atoms. The van der Waals surface area contributed by atoms with Crippen LogP contribution in [0.1, 0.15) is 24.5 Å². The van der Waals surface area contributed by atoms with Crippen LogP contribution >= 0.6 is 0 Å². The first-order valence-electron chi connectivity index (χ1n) is 10.1. The number of benzene rings is 2. The topological polar surface area (TPSA) is 66.0 Å². The molecule has 0 saturated heterocycles. The summed E-state index contributed by atoms with van der Waals surface area (Å²) in [6, 6.07) is 14.9. The molecule has 0 unspecified atom stereocenters. The van der Waals surface area contributed by atoms with Crippen LogP contribution < -0.4 is 15.4 Å². The van der Waals surface area contributed by atoms with Crippen molar-refractivity contribution in [2.75, 3.05) is 33.8 Å². The minimum atomic E-state index is 0.00963. The van der Waals surface area contributed by atoms with Crippen LogP contribution in [0, 0.1) is 0 Å². The molecule has 0 spiro atoms. The highest BCUT2D eigenvalue weighted by molar-refractivity contribution is 5.86. The first-order chi connectivity index (χ1) is 14.1. The van der Waals surface area contributed by atoms with E-state index >= 15 is 0 Å². The number of ether oxygens (including phenoxy) is 1. The molecule has 3 rings (SSSR count). The Morgan fingerprint density at radius 3 is 2.59 bits per heavy atom. The van der Waals surface area contributed by atoms with Crippen LogP contribution in [0.5, 0.6) is 5.75 Å². The van der Waals surface area contributed by atoms with Gasteiger partial charge in [-0.2, -0.15) is 0 Å². The Kier molecular flexibility index (Phi) is 7.11. The molecule has 6 nitrogen and oxygen atoms in total. The minimum absolute atomic E-state index is 0.00963. The van der Waals surface area contributed by atoms with Gasteiger partial charge < -0.3 is 20.3 Å². The van der Waals surface area contributed by atoms with Crippen LogP contribution in [0.4, 0.5) is 0 Å². The first-order valence-corrected chi connectivity index (χ1v) is 10.1. The van der Waals surface area contributed by atoms with Crippen molar-refractivity contribution in [3.05, 3.63) is 53.6 Å². The summed E-state index contributed by atoms with van der Waals surface area (Å²) in [4.78, 5) is 17.9. The number of hydrogen-bond acceptors (Lipinski definition) is 3. The van der Waals surface area contributed by atoms with Gasteiger partial charge in [-0.05, 0) is 54.2 Å². The second-order valence-corrected chi connectivity index (χ2v) is 7.31. The average Bonchev–Trinajstić information content (AvgIpc) is 2.75. The highest BCUT2D eigenvalue weighted by Crippen LogP contribution is 2.30. The molecule has 29 heavy (non-hydrogen) atoms. The van der Waals surface area contributed by atoms with E-state index in [-0.39, 0.29) is 12.5 Å². The number of aliphatic imine (C=N–C) groups is 1. The van der Waals surface area contributed by atoms with Crippen molar-refractivity contribution in [3.63, 3.8) is 0 Å². The number of likely N-dealkylation sites (N-methyl/N-ethyl adjacent to an activating group) is 1. The first kappa shape index (κ1) is 20.7. The van der Waals surface area contributed by atoms with Crippen molar-refractivity contribution in [3.8, 4) is 16.9 Å². The van der Waals surface area contributed by atoms with Crippen molar-refractivity contribution in [2.24, 2.45) is 4.99 Å². The molecule has 154 valence electrons. The summed E-state index contributed by atoms with van der Waals surface area (Å²) in [5.41, 5.74) is 4.80. The molecule has 0 aromatic heterocycles. The zero-order chi connectivity index (χ0) is 20.6. The lowest BCUT2D eigenvalue weighted by atomic mass is 9.98. The van der Waals surface area contributed by atoms with Crippen LogP contribution in [-0.2, 0) is 17.8 Å². The average molecular weight is 395 g/mol. The van der Waals surface area contributed by atoms with Gasteiger partial charge in [-0.1, -0.05) is 30.3 Å². The monoisotopic (exact) mass is 394 g/mol. The fraction of sp³-hybridized carbons (Fsp3) is 0.391. The second kappa shape index (κ2) is 9.96. The predicted octanol–water partition coefficient (Wildman–Crippen LogP) is 2.82. The van der Waals surface area contributed by atoms with E-state index in [4.69, 9.17) is 4.74 Å². The van der Waals surface area contributed by atoms with E-state index in [2.05, 4.69) is 58.1 Å². The van der Waals surface area contributed by atoms with E-state index < -0.39 is 0 Å². The highest BCUT2D eigenvalue weighted by atomic mass is 16.5. The van der Waals surface area contributed by atoms with Crippen LogP contribution in [0.25, 0.3) is 11.1 Å². The Hall–Kier alpha value is -3.02. The summed E-state index contributed by atoms with van der Waals surface area (Å²) in [5.74, 6) is 1.67. The third-order valence-electron chi connectivity index (χ3n) is 4.87. The van der Waals surface area contributed by atoms with Gasteiger partial charge in [0.25, 0.3) is 0 Å². The minimum Gasteiger partial charge on any atom is -0.493 e. The van der Waals surface area contributed by atoms with Gasteiger partial charge in [-0.15, -0.1) is 0 Å². The second-order valence-electron chi connectivity index (χ2n) is 7.31. The van der Waals surface area contributed by atoms with Gasteiger partial charge in [0.05, 0.1) is 19.7 Å². The molecule has 2 N–H and O–H groups in total. The molecular formula is C23H30N4O2. The highest BCUT2D eigenvalue weighted by Gasteiger charge is 2.11. The van der Waals surface area contributed by atoms with Crippen LogP contribution in [-0.4, -0.2) is 50.6 Å². The van der Waals surface area contributed by atoms with Gasteiger partial charge in [0.2, 0.25) is 5.91 Å². The normalized spacial score (nSPS) is 13.3. The number of amides is 1. The molecule has 1 aliphatic heterocycles. The van der Waals surface area contributed by atoms with Crippen LogP contribution in [0.15, 0.2) is 47.5 Å². The van der Waals surface area contributed by atoms with Crippen molar-refractivity contribution >= 4 is 11.9 Å². The maximum Gasteiger partial charge on any atom is 0.241 e. The Morgan fingerprint density at radius 1 is 1.10 bits per heavy atom. The number of rotatable bonds is 6. The molecule has 1 heterocycles. The zero-order valence-corrected chi connectivity index (χ0v) is 17.5. The summed E-state index contributed by atoms with van der Waals surface area (Å²) in [7, 11) is 3.48. The number of hydrogen-bond donors (Lipinski definition) is 2. The van der Waals surface area contributed by atoms with Gasteiger partial charge >= 0.3 is 0 Å². The van der Waals surface area contributed by atoms with Crippen molar-refractivity contribution in [2.45, 2.75) is 26.3 Å². The molecule has 6 heteroatoms. The Balaban J connectivity index is 1.64. The van der Waals surface area contributed by atoms with E-state index in [0.29, 0.717) is 12.5 Å². The molecule has 0 saturated carbocycles. The number of aryl methyl sites for hydroxylation is 1. The summed E-state index contributed by atoms with van der Waals surface area (Å²) in [6.45, 7) is 4.32. The summed E-state index contributed by atoms with van der Waals surface area (Å²) in [6.07, 6.45) is 2.15. The van der Waals surface area contributed by atoms with Crippen LogP contribution in [0.2, 0.25) is 0 Å². The van der Waals surface area contributed by atoms with Gasteiger partial charge in [0.1, 0.15) is 5.75 Å². The zero-order valence-electron chi connectivity index (χ0n) is 17.5. The lowest BCUT2D eigenvalue weighted by molar-refractivity contribution is -0.127. The molecule has 2 aromatic carbocycles. The van der Waals surface area contributed by atoms with Crippen molar-refractivity contribution in [1.82, 2.24) is 15.5 Å². The van der Waals surface area contributed by atoms with Gasteiger partial charge in [-0.25, -0.2) is 4.99 Å². The molecule has 0 aliphatic carbocycles. The Labute approximate surface area is 173 Å². The van der Waals surface area contributed by atoms with Gasteiger partial charge in [-0.3, -0.25) is 4.79 Å². The number of nitrogens with one attached hydrogen (secondary N) is 2. The lowest BCUT2D eigenvalue weighted by Gasteiger charge is -2.18. The van der Waals surface area contributed by atoms with Gasteiger partial charge in [0.15, 0.2) is 5.96 Å². The van der Waals surface area contributed by atoms with Gasteiger partial charge in [0, 0.05) is 20.6 Å². The number of carbonyl (C=O) groups excluding carboxylic acids is 1. The third kappa shape index (κ3) is 5.73. The smallest absolute Gasteiger partial charge is 0.241 e. The van der Waals surface area contributed by atoms with E-state index in [9.17, 15) is 4.79 Å². The van der Waals surface area contributed by atoms with E-state index in [0.717, 1.165) is 37.3 Å². The molecule has 0 atom stereocenters. The SMILES string of the molecule is CCNC(=NCc1ccc(-c2ccc3c(c2)CCCO3)cc1)NCC(=O)N(C)C. The quantitative estimate of drug-likeness (QED) is 0.584. The maximum absolute atomic E-state index is 11.8. The van der Waals surface area contributed by atoms with E-state index in [1.165, 1.54) is 16.7 Å². The molecule has 2 aromatic rings. The summed E-state index contributed by atoms with van der Waals surface area (Å²) < 4.78 is 5.70. The van der Waals surface area contributed by atoms with E-state index in [1.54, 1.807) is 19.0 Å². The Morgan fingerprint density at radius 2 is 1.86 bits per heavy atom. The molecule has 1 aliphatic rings. The summed E-state index contributed by atoms with van der Waals surface area (Å²) in [5, 5.41) is 6.24. The fourth-order valence-corrected chi connectivity index (χ4v) is 3.17. The number of nitrogens with zero attached hydrogens (tertiary/aromatic N) is 2. The van der Waals surface area contributed by atoms with Crippen molar-refractivity contribution < 1.29 is 9.53 Å². The third-order valence-corrected chi connectivity index (χ3v) is 4.87. The molecule has 1 amide bonds. The predicted molar refractivity (Wildman–Crippen MR) is 117 cm³/mol. The number of guanidine groups is 1. The number of carbonyl (C=O) groups is 1. The largest absolute Gasteiger partial charge is 0.493 e. The Bertz CT molecular complexity index is 860. The maximum atomic E-state index is 11.8. The standard InChI is InChI=1S/C23H30N4O2/c1-4-24-23(26-16-22(28)27(2)3)25-15-17-7-9-18(10-8-17)19-11-12-21-20(14-19)6-5-13-29-21/h7-12,14H,4-6,13,15-16H2,1-3H3,(H2,24,25,26). The van der Waals surface area contributed by atoms with Crippen molar-refractivity contribution in [1.29, 1.82) is 0 Å².